The molecule has 0 fully saturated rings. The number of anilines is 5. The van der Waals surface area contributed by atoms with Gasteiger partial charge in [0.15, 0.2) is 11.5 Å². The van der Waals surface area contributed by atoms with Gasteiger partial charge in [-0.15, -0.1) is 0 Å². The summed E-state index contributed by atoms with van der Waals surface area (Å²) >= 11 is 0. The molecule has 2 aromatic carbocycles. The van der Waals surface area contributed by atoms with Crippen molar-refractivity contribution in [3.8, 4) is 11.5 Å². The first-order chi connectivity index (χ1) is 15.3. The first-order valence-electron chi connectivity index (χ1n) is 9.66. The third-order valence-corrected chi connectivity index (χ3v) is 4.99. The molecule has 1 amide bonds. The molecule has 5 rings (SSSR count). The Bertz CT molecular complexity index is 1220. The molecule has 0 saturated carbocycles. The first-order valence-corrected chi connectivity index (χ1v) is 9.66. The lowest BCUT2D eigenvalue weighted by Crippen LogP contribution is -2.18. The van der Waals surface area contributed by atoms with Crippen molar-refractivity contribution in [2.45, 2.75) is 19.0 Å². The van der Waals surface area contributed by atoms with Crippen LogP contribution in [0.1, 0.15) is 17.5 Å². The number of nitrogens with zero attached hydrogens (tertiary/aromatic N) is 2. The van der Waals surface area contributed by atoms with Crippen LogP contribution in [0.15, 0.2) is 42.6 Å². The highest BCUT2D eigenvalue weighted by atomic mass is 19.4. The van der Waals surface area contributed by atoms with Crippen molar-refractivity contribution in [2.75, 3.05) is 22.7 Å². The van der Waals surface area contributed by atoms with Crippen LogP contribution in [-0.4, -0.2) is 22.7 Å². The topological polar surface area (TPSA) is 97.4 Å². The van der Waals surface area contributed by atoms with Crippen LogP contribution in [-0.2, 0) is 17.4 Å². The predicted octanol–water partition coefficient (Wildman–Crippen LogP) is 4.60. The molecule has 11 heteroatoms. The van der Waals surface area contributed by atoms with Gasteiger partial charge in [0.05, 0.1) is 0 Å². The minimum atomic E-state index is -4.65. The standard InChI is InChI=1S/C21H16F3N5O3/c22-21(23,24)14-9-25-20(27-12-2-4-15-11(7-12)1-6-18(30)28-15)29-19(14)26-13-3-5-16-17(8-13)32-10-31-16/h2-5,7-9H,1,6,10H2,(H,28,30)(H2,25,26,27,29). The molecule has 3 heterocycles. The van der Waals surface area contributed by atoms with Crippen LogP contribution in [0.4, 0.5) is 42.0 Å². The summed E-state index contributed by atoms with van der Waals surface area (Å²) < 4.78 is 51.1. The third kappa shape index (κ3) is 3.96. The molecule has 0 spiro atoms. The van der Waals surface area contributed by atoms with Crippen LogP contribution in [0.3, 0.4) is 0 Å². The minimum absolute atomic E-state index is 0.0129. The number of carbonyl (C=O) groups is 1. The molecule has 2 aliphatic heterocycles. The van der Waals surface area contributed by atoms with Gasteiger partial charge in [0.2, 0.25) is 18.6 Å². The number of aromatic nitrogens is 2. The van der Waals surface area contributed by atoms with Crippen molar-refractivity contribution >= 4 is 34.7 Å². The quantitative estimate of drug-likeness (QED) is 0.542. The number of alkyl halides is 3. The van der Waals surface area contributed by atoms with E-state index in [1.807, 2.05) is 0 Å². The number of amides is 1. The van der Waals surface area contributed by atoms with E-state index in [2.05, 4.69) is 25.9 Å². The fourth-order valence-corrected chi connectivity index (χ4v) is 3.45. The maximum absolute atomic E-state index is 13.5. The lowest BCUT2D eigenvalue weighted by Gasteiger charge is -2.18. The molecule has 0 aliphatic carbocycles. The molecule has 0 bridgehead atoms. The van der Waals surface area contributed by atoms with Gasteiger partial charge in [-0.1, -0.05) is 0 Å². The number of carbonyl (C=O) groups excluding carboxylic acids is 1. The summed E-state index contributed by atoms with van der Waals surface area (Å²) in [4.78, 5) is 19.4. The number of benzene rings is 2. The van der Waals surface area contributed by atoms with Crippen molar-refractivity contribution in [2.24, 2.45) is 0 Å². The Kier molecular flexibility index (Phi) is 4.72. The van der Waals surface area contributed by atoms with Gasteiger partial charge in [-0.25, -0.2) is 4.98 Å². The highest BCUT2D eigenvalue weighted by molar-refractivity contribution is 5.94. The Labute approximate surface area is 179 Å². The first kappa shape index (κ1) is 19.9. The SMILES string of the molecule is O=C1CCc2cc(Nc3ncc(C(F)(F)F)c(Nc4ccc5c(c4)OCO5)n3)ccc2N1. The van der Waals surface area contributed by atoms with E-state index in [0.29, 0.717) is 41.4 Å². The lowest BCUT2D eigenvalue weighted by atomic mass is 10.0. The number of rotatable bonds is 4. The van der Waals surface area contributed by atoms with Crippen LogP contribution in [0.25, 0.3) is 0 Å². The van der Waals surface area contributed by atoms with Crippen LogP contribution in [0.2, 0.25) is 0 Å². The van der Waals surface area contributed by atoms with E-state index in [1.54, 1.807) is 30.3 Å². The summed E-state index contributed by atoms with van der Waals surface area (Å²) in [7, 11) is 0. The molecule has 3 N–H and O–H groups in total. The maximum atomic E-state index is 13.5. The van der Waals surface area contributed by atoms with Gasteiger partial charge < -0.3 is 25.4 Å². The second-order valence-electron chi connectivity index (χ2n) is 7.19. The average Bonchev–Trinajstić information content (AvgIpc) is 3.21. The summed E-state index contributed by atoms with van der Waals surface area (Å²) in [6.07, 6.45) is -2.98. The van der Waals surface area contributed by atoms with Crippen LogP contribution in [0, 0.1) is 0 Å². The number of ether oxygens (including phenoxy) is 2. The third-order valence-electron chi connectivity index (χ3n) is 4.99. The number of nitrogens with one attached hydrogen (secondary N) is 3. The molecule has 0 unspecified atom stereocenters. The van der Waals surface area contributed by atoms with Gasteiger partial charge in [0.25, 0.3) is 0 Å². The second kappa shape index (κ2) is 7.59. The Morgan fingerprint density at radius 3 is 2.59 bits per heavy atom. The summed E-state index contributed by atoms with van der Waals surface area (Å²) in [5, 5.41) is 8.40. The van der Waals surface area contributed by atoms with Crippen LogP contribution in [0.5, 0.6) is 11.5 Å². The van der Waals surface area contributed by atoms with E-state index < -0.39 is 17.6 Å². The van der Waals surface area contributed by atoms with E-state index >= 15 is 0 Å². The monoisotopic (exact) mass is 443 g/mol. The summed E-state index contributed by atoms with van der Waals surface area (Å²) in [6.45, 7) is 0.0542. The number of hydrogen-bond donors (Lipinski definition) is 3. The van der Waals surface area contributed by atoms with Crippen LogP contribution < -0.4 is 25.4 Å². The van der Waals surface area contributed by atoms with Crippen molar-refractivity contribution in [1.29, 1.82) is 0 Å². The second-order valence-corrected chi connectivity index (χ2v) is 7.19. The van der Waals surface area contributed by atoms with Gasteiger partial charge in [-0.05, 0) is 42.3 Å². The van der Waals surface area contributed by atoms with E-state index in [0.717, 1.165) is 11.8 Å². The Morgan fingerprint density at radius 1 is 0.969 bits per heavy atom. The summed E-state index contributed by atoms with van der Waals surface area (Å²) in [5.74, 6) is 0.473. The van der Waals surface area contributed by atoms with Crippen molar-refractivity contribution in [3.05, 3.63) is 53.7 Å². The number of hydrogen-bond acceptors (Lipinski definition) is 7. The number of fused-ring (bicyclic) bond motifs is 2. The highest BCUT2D eigenvalue weighted by Crippen LogP contribution is 2.38. The van der Waals surface area contributed by atoms with E-state index in [1.165, 1.54) is 6.07 Å². The zero-order valence-electron chi connectivity index (χ0n) is 16.4. The fourth-order valence-electron chi connectivity index (χ4n) is 3.45. The minimum Gasteiger partial charge on any atom is -0.454 e. The molecular weight excluding hydrogens is 427 g/mol. The van der Waals surface area contributed by atoms with Gasteiger partial charge in [-0.3, -0.25) is 4.79 Å². The van der Waals surface area contributed by atoms with Crippen molar-refractivity contribution in [1.82, 2.24) is 9.97 Å². The zero-order chi connectivity index (χ0) is 22.3. The molecule has 0 atom stereocenters. The maximum Gasteiger partial charge on any atom is 0.421 e. The van der Waals surface area contributed by atoms with Gasteiger partial charge in [-0.2, -0.15) is 18.2 Å². The average molecular weight is 443 g/mol. The Morgan fingerprint density at radius 2 is 1.75 bits per heavy atom. The lowest BCUT2D eigenvalue weighted by molar-refractivity contribution is -0.137. The van der Waals surface area contributed by atoms with E-state index in [4.69, 9.17) is 9.47 Å². The molecule has 8 nitrogen and oxygen atoms in total. The summed E-state index contributed by atoms with van der Waals surface area (Å²) in [5.41, 5.74) is 1.57. The number of aryl methyl sites for hydroxylation is 1. The molecule has 3 aromatic rings. The van der Waals surface area contributed by atoms with Crippen molar-refractivity contribution in [3.63, 3.8) is 0 Å². The Hall–Kier alpha value is -4.02. The zero-order valence-corrected chi connectivity index (χ0v) is 16.4. The smallest absolute Gasteiger partial charge is 0.421 e. The number of halogens is 3. The fraction of sp³-hybridized carbons (Fsp3) is 0.190. The molecule has 0 saturated heterocycles. The van der Waals surface area contributed by atoms with Crippen LogP contribution >= 0.6 is 0 Å². The molecule has 164 valence electrons. The normalized spacial score (nSPS) is 14.5. The van der Waals surface area contributed by atoms with Crippen molar-refractivity contribution < 1.29 is 27.4 Å². The largest absolute Gasteiger partial charge is 0.454 e. The van der Waals surface area contributed by atoms with Gasteiger partial charge >= 0.3 is 6.18 Å². The van der Waals surface area contributed by atoms with E-state index in [9.17, 15) is 18.0 Å². The molecule has 2 aliphatic rings. The predicted molar refractivity (Wildman–Crippen MR) is 110 cm³/mol. The highest BCUT2D eigenvalue weighted by Gasteiger charge is 2.35. The van der Waals surface area contributed by atoms with E-state index in [-0.39, 0.29) is 18.6 Å². The summed E-state index contributed by atoms with van der Waals surface area (Å²) in [6, 6.07) is 9.93. The molecule has 1 aromatic heterocycles. The molecule has 0 radical (unpaired) electrons. The Balaban J connectivity index is 1.43. The van der Waals surface area contributed by atoms with Gasteiger partial charge in [0.1, 0.15) is 11.4 Å². The van der Waals surface area contributed by atoms with Gasteiger partial charge in [0, 0.05) is 35.7 Å². The molecular formula is C21H16F3N5O3. The molecule has 32 heavy (non-hydrogen) atoms.